The molecular formula is C10H16N6OS. The standard InChI is InChI=1S/C10H16N6OS/c1-3-5-11-9(17)12-6-4-8-15-16-7(2)13-14-10(16)18-8/h3-6H2,1-2H3,(H2,11,12,17). The van der Waals surface area contributed by atoms with Crippen LogP contribution in [0.25, 0.3) is 4.96 Å². The van der Waals surface area contributed by atoms with Crippen molar-refractivity contribution in [3.8, 4) is 0 Å². The molecule has 7 nitrogen and oxygen atoms in total. The fraction of sp³-hybridized carbons (Fsp3) is 0.600. The fourth-order valence-corrected chi connectivity index (χ4v) is 2.32. The minimum atomic E-state index is -0.129. The first-order valence-electron chi connectivity index (χ1n) is 5.90. The van der Waals surface area contributed by atoms with Gasteiger partial charge in [0.2, 0.25) is 4.96 Å². The highest BCUT2D eigenvalue weighted by Crippen LogP contribution is 2.13. The van der Waals surface area contributed by atoms with Crippen LogP contribution >= 0.6 is 11.3 Å². The van der Waals surface area contributed by atoms with Crippen LogP contribution in [0, 0.1) is 6.92 Å². The van der Waals surface area contributed by atoms with Crippen LogP contribution in [-0.4, -0.2) is 38.9 Å². The smallest absolute Gasteiger partial charge is 0.314 e. The van der Waals surface area contributed by atoms with Gasteiger partial charge in [-0.3, -0.25) is 0 Å². The highest BCUT2D eigenvalue weighted by atomic mass is 32.1. The Kier molecular flexibility index (Phi) is 4.08. The lowest BCUT2D eigenvalue weighted by Gasteiger charge is -2.04. The van der Waals surface area contributed by atoms with E-state index in [0.717, 1.165) is 22.2 Å². The van der Waals surface area contributed by atoms with Crippen molar-refractivity contribution in [2.45, 2.75) is 26.7 Å². The number of carbonyl (C=O) groups is 1. The topological polar surface area (TPSA) is 84.2 Å². The zero-order valence-corrected chi connectivity index (χ0v) is 11.3. The molecule has 2 rings (SSSR count). The molecule has 0 unspecified atom stereocenters. The number of hydrogen-bond acceptors (Lipinski definition) is 5. The monoisotopic (exact) mass is 268 g/mol. The average Bonchev–Trinajstić information content (AvgIpc) is 2.89. The van der Waals surface area contributed by atoms with Crippen molar-refractivity contribution in [1.29, 1.82) is 0 Å². The summed E-state index contributed by atoms with van der Waals surface area (Å²) < 4.78 is 1.72. The molecule has 0 aliphatic heterocycles. The maximum Gasteiger partial charge on any atom is 0.314 e. The van der Waals surface area contributed by atoms with E-state index in [1.807, 2.05) is 13.8 Å². The second kappa shape index (κ2) is 5.76. The van der Waals surface area contributed by atoms with E-state index in [-0.39, 0.29) is 6.03 Å². The van der Waals surface area contributed by atoms with Gasteiger partial charge in [0.05, 0.1) is 0 Å². The molecule has 8 heteroatoms. The summed E-state index contributed by atoms with van der Waals surface area (Å²) in [6.45, 7) is 5.14. The summed E-state index contributed by atoms with van der Waals surface area (Å²) in [6.07, 6.45) is 1.64. The SMILES string of the molecule is CCCNC(=O)NCCc1nn2c(C)nnc2s1. The Morgan fingerprint density at radius 2 is 2.11 bits per heavy atom. The molecule has 0 saturated carbocycles. The van der Waals surface area contributed by atoms with Gasteiger partial charge in [-0.15, -0.1) is 10.2 Å². The number of nitrogens with one attached hydrogen (secondary N) is 2. The molecule has 2 aromatic rings. The van der Waals surface area contributed by atoms with Gasteiger partial charge >= 0.3 is 6.03 Å². The molecule has 2 amide bonds. The Labute approximate surface area is 109 Å². The van der Waals surface area contributed by atoms with E-state index in [2.05, 4.69) is 25.9 Å². The summed E-state index contributed by atoms with van der Waals surface area (Å²) in [5.41, 5.74) is 0. The summed E-state index contributed by atoms with van der Waals surface area (Å²) in [6, 6.07) is -0.129. The molecule has 0 atom stereocenters. The Morgan fingerprint density at radius 3 is 2.83 bits per heavy atom. The zero-order valence-electron chi connectivity index (χ0n) is 10.4. The summed E-state index contributed by atoms with van der Waals surface area (Å²) in [5, 5.41) is 18.8. The molecule has 0 aromatic carbocycles. The van der Waals surface area contributed by atoms with Crippen LogP contribution in [0.2, 0.25) is 0 Å². The molecule has 0 bridgehead atoms. The Bertz CT molecular complexity index is 533. The highest BCUT2D eigenvalue weighted by molar-refractivity contribution is 7.16. The van der Waals surface area contributed by atoms with Crippen molar-refractivity contribution in [3.63, 3.8) is 0 Å². The Balaban J connectivity index is 1.81. The normalized spacial score (nSPS) is 10.8. The third-order valence-electron chi connectivity index (χ3n) is 2.35. The molecule has 0 aliphatic carbocycles. The van der Waals surface area contributed by atoms with Crippen molar-refractivity contribution in [3.05, 3.63) is 10.8 Å². The molecule has 2 aromatic heterocycles. The number of amides is 2. The first-order chi connectivity index (χ1) is 8.70. The molecule has 0 spiro atoms. The van der Waals surface area contributed by atoms with Crippen molar-refractivity contribution in [2.24, 2.45) is 0 Å². The van der Waals surface area contributed by atoms with Gasteiger partial charge in [-0.05, 0) is 13.3 Å². The van der Waals surface area contributed by atoms with Crippen LogP contribution in [-0.2, 0) is 6.42 Å². The van der Waals surface area contributed by atoms with Crippen molar-refractivity contribution in [2.75, 3.05) is 13.1 Å². The molecule has 2 N–H and O–H groups in total. The van der Waals surface area contributed by atoms with E-state index < -0.39 is 0 Å². The number of aryl methyl sites for hydroxylation is 1. The Morgan fingerprint density at radius 1 is 1.33 bits per heavy atom. The lowest BCUT2D eigenvalue weighted by molar-refractivity contribution is 0.241. The van der Waals surface area contributed by atoms with Crippen LogP contribution in [0.4, 0.5) is 4.79 Å². The van der Waals surface area contributed by atoms with Crippen LogP contribution in [0.1, 0.15) is 24.2 Å². The summed E-state index contributed by atoms with van der Waals surface area (Å²) in [4.78, 5) is 12.1. The number of urea groups is 1. The zero-order chi connectivity index (χ0) is 13.0. The second-order valence-corrected chi connectivity index (χ2v) is 4.91. The molecule has 0 saturated heterocycles. The highest BCUT2D eigenvalue weighted by Gasteiger charge is 2.08. The van der Waals surface area contributed by atoms with Gasteiger partial charge in [0.15, 0.2) is 5.82 Å². The summed E-state index contributed by atoms with van der Waals surface area (Å²) in [5.74, 6) is 0.779. The fourth-order valence-electron chi connectivity index (χ4n) is 1.44. The van der Waals surface area contributed by atoms with E-state index in [1.165, 1.54) is 11.3 Å². The van der Waals surface area contributed by atoms with Gasteiger partial charge in [-0.2, -0.15) is 9.61 Å². The van der Waals surface area contributed by atoms with Crippen LogP contribution in [0.15, 0.2) is 0 Å². The predicted molar refractivity (Wildman–Crippen MR) is 68.8 cm³/mol. The number of fused-ring (bicyclic) bond motifs is 1. The Hall–Kier alpha value is -1.70. The van der Waals surface area contributed by atoms with Crippen LogP contribution in [0.3, 0.4) is 0 Å². The third-order valence-corrected chi connectivity index (χ3v) is 3.31. The number of nitrogens with zero attached hydrogens (tertiary/aromatic N) is 4. The van der Waals surface area contributed by atoms with Gasteiger partial charge < -0.3 is 10.6 Å². The third kappa shape index (κ3) is 2.95. The summed E-state index contributed by atoms with van der Waals surface area (Å²) in [7, 11) is 0. The van der Waals surface area contributed by atoms with E-state index in [1.54, 1.807) is 4.52 Å². The van der Waals surface area contributed by atoms with Crippen molar-refractivity contribution in [1.82, 2.24) is 30.4 Å². The maximum absolute atomic E-state index is 11.3. The molecule has 2 heterocycles. The van der Waals surface area contributed by atoms with E-state index in [9.17, 15) is 4.79 Å². The van der Waals surface area contributed by atoms with Gasteiger partial charge in [-0.1, -0.05) is 18.3 Å². The quantitative estimate of drug-likeness (QED) is 0.838. The molecule has 0 fully saturated rings. The van der Waals surface area contributed by atoms with E-state index in [0.29, 0.717) is 19.5 Å². The number of rotatable bonds is 5. The molecular weight excluding hydrogens is 252 g/mol. The largest absolute Gasteiger partial charge is 0.338 e. The van der Waals surface area contributed by atoms with Gasteiger partial charge in [0, 0.05) is 19.5 Å². The van der Waals surface area contributed by atoms with Crippen molar-refractivity contribution >= 4 is 22.3 Å². The number of aromatic nitrogens is 4. The first-order valence-corrected chi connectivity index (χ1v) is 6.71. The van der Waals surface area contributed by atoms with Gasteiger partial charge in [0.1, 0.15) is 5.01 Å². The molecule has 0 radical (unpaired) electrons. The maximum atomic E-state index is 11.3. The molecule has 98 valence electrons. The predicted octanol–water partition coefficient (Wildman–Crippen LogP) is 0.746. The van der Waals surface area contributed by atoms with E-state index in [4.69, 9.17) is 0 Å². The minimum absolute atomic E-state index is 0.129. The summed E-state index contributed by atoms with van der Waals surface area (Å²) >= 11 is 1.49. The van der Waals surface area contributed by atoms with E-state index >= 15 is 0 Å². The second-order valence-electron chi connectivity index (χ2n) is 3.87. The lowest BCUT2D eigenvalue weighted by Crippen LogP contribution is -2.36. The molecule has 0 aliphatic rings. The van der Waals surface area contributed by atoms with Crippen LogP contribution in [0.5, 0.6) is 0 Å². The van der Waals surface area contributed by atoms with Crippen molar-refractivity contribution < 1.29 is 4.79 Å². The molecule has 18 heavy (non-hydrogen) atoms. The van der Waals surface area contributed by atoms with Gasteiger partial charge in [0.25, 0.3) is 0 Å². The minimum Gasteiger partial charge on any atom is -0.338 e. The first kappa shape index (κ1) is 12.7. The lowest BCUT2D eigenvalue weighted by atomic mass is 10.4. The number of hydrogen-bond donors (Lipinski definition) is 2. The van der Waals surface area contributed by atoms with Crippen LogP contribution < -0.4 is 10.6 Å². The number of carbonyl (C=O) groups excluding carboxylic acids is 1. The average molecular weight is 268 g/mol. The van der Waals surface area contributed by atoms with Gasteiger partial charge in [-0.25, -0.2) is 4.79 Å².